The van der Waals surface area contributed by atoms with E-state index >= 15 is 0 Å². The summed E-state index contributed by atoms with van der Waals surface area (Å²) in [5, 5.41) is 3.27. The summed E-state index contributed by atoms with van der Waals surface area (Å²) in [7, 11) is 0. The highest BCUT2D eigenvalue weighted by Gasteiger charge is 2.25. The molecule has 1 N–H and O–H groups in total. The summed E-state index contributed by atoms with van der Waals surface area (Å²) in [4.78, 5) is 17.9. The van der Waals surface area contributed by atoms with E-state index in [1.165, 1.54) is 31.2 Å². The minimum absolute atomic E-state index is 0.0358. The molecule has 1 saturated carbocycles. The summed E-state index contributed by atoms with van der Waals surface area (Å²) in [6, 6.07) is 10.1. The van der Waals surface area contributed by atoms with Crippen LogP contribution in [0.4, 0.5) is 0 Å². The zero-order chi connectivity index (χ0) is 16.7. The molecule has 24 heavy (non-hydrogen) atoms. The zero-order valence-electron chi connectivity index (χ0n) is 14.3. The summed E-state index contributed by atoms with van der Waals surface area (Å²) in [6.07, 6.45) is 5.58. The van der Waals surface area contributed by atoms with Crippen LogP contribution in [-0.2, 0) is 6.42 Å². The molecule has 0 spiro atoms. The molecule has 0 bridgehead atoms. The van der Waals surface area contributed by atoms with Gasteiger partial charge in [0.15, 0.2) is 5.65 Å². The molecule has 2 heterocycles. The Labute approximate surface area is 141 Å². The van der Waals surface area contributed by atoms with Crippen LogP contribution in [0, 0.1) is 13.8 Å². The molecule has 4 heteroatoms. The number of benzene rings is 1. The van der Waals surface area contributed by atoms with Crippen LogP contribution in [0.15, 0.2) is 35.1 Å². The molecule has 124 valence electrons. The number of aryl methyl sites for hydroxylation is 2. The first-order chi connectivity index (χ1) is 11.6. The molecule has 1 aliphatic carbocycles. The van der Waals surface area contributed by atoms with Crippen molar-refractivity contribution in [1.29, 1.82) is 0 Å². The van der Waals surface area contributed by atoms with Crippen LogP contribution < -0.4 is 5.56 Å². The molecule has 0 amide bonds. The lowest BCUT2D eigenvalue weighted by Crippen LogP contribution is -2.22. The quantitative estimate of drug-likeness (QED) is 0.795. The largest absolute Gasteiger partial charge is 0.294 e. The average Bonchev–Trinajstić information content (AvgIpc) is 3.20. The molecule has 1 fully saturated rings. The third kappa shape index (κ3) is 2.46. The minimum Gasteiger partial charge on any atom is -0.294 e. The third-order valence-electron chi connectivity index (χ3n) is 5.29. The molecule has 4 nitrogen and oxygen atoms in total. The van der Waals surface area contributed by atoms with E-state index in [1.807, 2.05) is 25.1 Å². The van der Waals surface area contributed by atoms with E-state index in [0.29, 0.717) is 12.3 Å². The summed E-state index contributed by atoms with van der Waals surface area (Å²) >= 11 is 0. The Morgan fingerprint density at radius 3 is 2.58 bits per heavy atom. The number of hydrogen-bond donors (Lipinski definition) is 1. The number of rotatable bonds is 3. The number of hydrogen-bond acceptors (Lipinski definition) is 2. The van der Waals surface area contributed by atoms with Crippen LogP contribution in [0.3, 0.4) is 0 Å². The number of nitrogens with zero attached hydrogens (tertiary/aromatic N) is 2. The number of fused-ring (bicyclic) bond motifs is 1. The van der Waals surface area contributed by atoms with Crippen molar-refractivity contribution in [1.82, 2.24) is 14.6 Å². The van der Waals surface area contributed by atoms with Crippen LogP contribution in [-0.4, -0.2) is 14.6 Å². The van der Waals surface area contributed by atoms with Gasteiger partial charge in [0, 0.05) is 28.9 Å². The maximum Gasteiger partial charge on any atom is 0.276 e. The Balaban J connectivity index is 1.85. The van der Waals surface area contributed by atoms with E-state index in [9.17, 15) is 4.79 Å². The molecule has 0 unspecified atom stereocenters. The standard InChI is InChI=1S/C20H23N3O/c1-13-17(12-15-8-4-3-5-9-15)20(24)23-19(21-13)18(14(2)22-23)16-10-6-7-11-16/h3-5,8-9,16,22H,6-7,10-12H2,1-2H3. The molecule has 0 radical (unpaired) electrons. The van der Waals surface area contributed by atoms with Crippen LogP contribution in [0.2, 0.25) is 0 Å². The van der Waals surface area contributed by atoms with Crippen LogP contribution in [0.1, 0.15) is 59.7 Å². The Bertz CT molecular complexity index is 931. The number of nitrogens with one attached hydrogen (secondary N) is 1. The van der Waals surface area contributed by atoms with Gasteiger partial charge in [0.05, 0.1) is 0 Å². The second kappa shape index (κ2) is 5.93. The fourth-order valence-electron chi connectivity index (χ4n) is 4.05. The molecule has 0 atom stereocenters. The van der Waals surface area contributed by atoms with E-state index in [2.05, 4.69) is 24.2 Å². The van der Waals surface area contributed by atoms with E-state index in [-0.39, 0.29) is 5.56 Å². The zero-order valence-corrected chi connectivity index (χ0v) is 14.3. The van der Waals surface area contributed by atoms with Crippen molar-refractivity contribution in [3.8, 4) is 0 Å². The molecule has 0 saturated heterocycles. The normalized spacial score (nSPS) is 15.4. The first-order valence-corrected chi connectivity index (χ1v) is 8.80. The maximum atomic E-state index is 13.0. The van der Waals surface area contributed by atoms with Gasteiger partial charge in [-0.25, -0.2) is 9.50 Å². The van der Waals surface area contributed by atoms with Crippen LogP contribution >= 0.6 is 0 Å². The van der Waals surface area contributed by atoms with Gasteiger partial charge in [-0.2, -0.15) is 0 Å². The van der Waals surface area contributed by atoms with Crippen molar-refractivity contribution in [2.45, 2.75) is 51.9 Å². The first-order valence-electron chi connectivity index (χ1n) is 8.80. The van der Waals surface area contributed by atoms with Crippen molar-refractivity contribution < 1.29 is 0 Å². The molecule has 3 aromatic rings. The molecule has 1 aromatic carbocycles. The second-order valence-corrected chi connectivity index (χ2v) is 6.93. The highest BCUT2D eigenvalue weighted by atomic mass is 16.1. The molecule has 1 aliphatic rings. The lowest BCUT2D eigenvalue weighted by atomic mass is 9.98. The van der Waals surface area contributed by atoms with Gasteiger partial charge in [-0.1, -0.05) is 43.2 Å². The average molecular weight is 321 g/mol. The van der Waals surface area contributed by atoms with Gasteiger partial charge < -0.3 is 0 Å². The van der Waals surface area contributed by atoms with Crippen molar-refractivity contribution in [3.63, 3.8) is 0 Å². The van der Waals surface area contributed by atoms with Crippen LogP contribution in [0.25, 0.3) is 5.65 Å². The van der Waals surface area contributed by atoms with Gasteiger partial charge in [0.2, 0.25) is 0 Å². The van der Waals surface area contributed by atoms with Gasteiger partial charge in [-0.3, -0.25) is 9.89 Å². The van der Waals surface area contributed by atoms with Crippen molar-refractivity contribution in [3.05, 3.63) is 68.8 Å². The predicted molar refractivity (Wildman–Crippen MR) is 95.7 cm³/mol. The predicted octanol–water partition coefficient (Wildman–Crippen LogP) is 3.89. The first kappa shape index (κ1) is 15.2. The van der Waals surface area contributed by atoms with Crippen molar-refractivity contribution >= 4 is 5.65 Å². The number of H-pyrrole nitrogens is 1. The minimum atomic E-state index is 0.0358. The Morgan fingerprint density at radius 2 is 1.88 bits per heavy atom. The monoisotopic (exact) mass is 321 g/mol. The Hall–Kier alpha value is -2.36. The highest BCUT2D eigenvalue weighted by molar-refractivity contribution is 5.53. The maximum absolute atomic E-state index is 13.0. The van der Waals surface area contributed by atoms with E-state index < -0.39 is 0 Å². The Kier molecular flexibility index (Phi) is 3.75. The SMILES string of the molecule is Cc1nc2c(C3CCCC3)c(C)[nH]n2c(=O)c1Cc1ccccc1. The van der Waals surface area contributed by atoms with Crippen molar-refractivity contribution in [2.75, 3.05) is 0 Å². The highest BCUT2D eigenvalue weighted by Crippen LogP contribution is 2.37. The smallest absolute Gasteiger partial charge is 0.276 e. The third-order valence-corrected chi connectivity index (χ3v) is 5.29. The van der Waals surface area contributed by atoms with Crippen molar-refractivity contribution in [2.24, 2.45) is 0 Å². The lowest BCUT2D eigenvalue weighted by molar-refractivity contribution is 0.721. The topological polar surface area (TPSA) is 50.2 Å². The van der Waals surface area contributed by atoms with Gasteiger partial charge in [0.25, 0.3) is 5.56 Å². The Morgan fingerprint density at radius 1 is 1.17 bits per heavy atom. The number of aromatic nitrogens is 3. The second-order valence-electron chi connectivity index (χ2n) is 6.93. The number of aromatic amines is 1. The fourth-order valence-corrected chi connectivity index (χ4v) is 4.05. The van der Waals surface area contributed by atoms with E-state index in [1.54, 1.807) is 4.52 Å². The van der Waals surface area contributed by atoms with Gasteiger partial charge in [-0.15, -0.1) is 0 Å². The van der Waals surface area contributed by atoms with E-state index in [0.717, 1.165) is 28.2 Å². The summed E-state index contributed by atoms with van der Waals surface area (Å²) < 4.78 is 1.66. The van der Waals surface area contributed by atoms with Gasteiger partial charge in [0.1, 0.15) is 0 Å². The summed E-state index contributed by atoms with van der Waals surface area (Å²) in [5.74, 6) is 0.539. The van der Waals surface area contributed by atoms with Gasteiger partial charge in [-0.05, 0) is 38.2 Å². The molecular weight excluding hydrogens is 298 g/mol. The summed E-state index contributed by atoms with van der Waals surface area (Å²) in [6.45, 7) is 4.02. The van der Waals surface area contributed by atoms with Gasteiger partial charge >= 0.3 is 0 Å². The molecule has 0 aliphatic heterocycles. The molecule has 4 rings (SSSR count). The molecular formula is C20H23N3O. The molecule has 2 aromatic heterocycles. The van der Waals surface area contributed by atoms with Crippen LogP contribution in [0.5, 0.6) is 0 Å². The fraction of sp³-hybridized carbons (Fsp3) is 0.400. The lowest BCUT2D eigenvalue weighted by Gasteiger charge is -2.10. The summed E-state index contributed by atoms with van der Waals surface area (Å²) in [5.41, 5.74) is 5.97. The van der Waals surface area contributed by atoms with E-state index in [4.69, 9.17) is 4.98 Å².